The van der Waals surface area contributed by atoms with Crippen molar-refractivity contribution in [2.45, 2.75) is 118 Å². The molecule has 6 aliphatic rings. The van der Waals surface area contributed by atoms with E-state index in [9.17, 15) is 19.1 Å². The SMILES string of the molecule is O=C(COC1CCC(Cl)C(F)C1)NC12CCC(NC(=O)C3CC(C4CC4)NO3)(CC1)C(O)C2. The molecule has 1 saturated heterocycles. The molecule has 186 valence electrons. The number of carbonyl (C=O) groups is 2. The molecule has 0 radical (unpaired) electrons. The highest BCUT2D eigenvalue weighted by atomic mass is 35.5. The number of aliphatic hydroxyl groups excluding tert-OH is 1. The van der Waals surface area contributed by atoms with E-state index in [2.05, 4.69) is 16.1 Å². The summed E-state index contributed by atoms with van der Waals surface area (Å²) in [5.74, 6) is 0.188. The van der Waals surface area contributed by atoms with Crippen LogP contribution in [0.25, 0.3) is 0 Å². The van der Waals surface area contributed by atoms with Crippen LogP contribution >= 0.6 is 11.6 Å². The van der Waals surface area contributed by atoms with Crippen LogP contribution in [0, 0.1) is 5.92 Å². The van der Waals surface area contributed by atoms with Gasteiger partial charge in [0.05, 0.1) is 23.1 Å². The Kier molecular flexibility index (Phi) is 6.63. The van der Waals surface area contributed by atoms with Crippen LogP contribution in [0.15, 0.2) is 0 Å². The van der Waals surface area contributed by atoms with Crippen molar-refractivity contribution < 1.29 is 28.7 Å². The van der Waals surface area contributed by atoms with Gasteiger partial charge >= 0.3 is 0 Å². The molecular formula is C23H35ClFN3O5. The second-order valence-corrected chi connectivity index (χ2v) is 11.4. The molecule has 6 atom stereocenters. The van der Waals surface area contributed by atoms with Crippen molar-refractivity contribution in [3.05, 3.63) is 0 Å². The monoisotopic (exact) mass is 487 g/mol. The van der Waals surface area contributed by atoms with Crippen LogP contribution in [0.4, 0.5) is 4.39 Å². The lowest BCUT2D eigenvalue weighted by Gasteiger charge is -2.56. The first kappa shape index (κ1) is 23.7. The van der Waals surface area contributed by atoms with E-state index in [1.807, 2.05) is 0 Å². The minimum absolute atomic E-state index is 0.127. The Bertz CT molecular complexity index is 760. The van der Waals surface area contributed by atoms with Gasteiger partial charge in [-0.05, 0) is 63.7 Å². The number of alkyl halides is 2. The Balaban J connectivity index is 1.10. The number of halogens is 2. The molecule has 5 saturated carbocycles. The second kappa shape index (κ2) is 9.22. The predicted octanol–water partition coefficient (Wildman–Crippen LogP) is 1.62. The molecule has 0 aromatic heterocycles. The number of fused-ring (bicyclic) bond motifs is 3. The van der Waals surface area contributed by atoms with E-state index in [1.165, 1.54) is 12.8 Å². The molecule has 0 aromatic carbocycles. The molecule has 5 aliphatic carbocycles. The molecule has 0 spiro atoms. The number of carbonyl (C=O) groups excluding carboxylic acids is 2. The fraction of sp³-hybridized carbons (Fsp3) is 0.913. The molecule has 6 rings (SSSR count). The molecule has 4 N–H and O–H groups in total. The van der Waals surface area contributed by atoms with E-state index >= 15 is 0 Å². The maximum atomic E-state index is 13.8. The molecule has 10 heteroatoms. The molecule has 6 fully saturated rings. The normalized spacial score (nSPS) is 45.1. The highest BCUT2D eigenvalue weighted by molar-refractivity contribution is 6.21. The van der Waals surface area contributed by atoms with Crippen molar-refractivity contribution in [2.24, 2.45) is 5.92 Å². The average Bonchev–Trinajstić information content (AvgIpc) is 3.52. The number of nitrogens with one attached hydrogen (secondary N) is 3. The van der Waals surface area contributed by atoms with E-state index in [0.717, 1.165) is 0 Å². The molecule has 1 aliphatic heterocycles. The third-order valence-corrected chi connectivity index (χ3v) is 9.00. The van der Waals surface area contributed by atoms with Crippen LogP contribution in [-0.4, -0.2) is 70.5 Å². The fourth-order valence-electron chi connectivity index (χ4n) is 6.15. The molecule has 1 heterocycles. The van der Waals surface area contributed by atoms with Crippen molar-refractivity contribution in [3.63, 3.8) is 0 Å². The summed E-state index contributed by atoms with van der Waals surface area (Å²) in [4.78, 5) is 31.0. The summed E-state index contributed by atoms with van der Waals surface area (Å²) in [5.41, 5.74) is 1.83. The smallest absolute Gasteiger partial charge is 0.251 e. The number of hydrogen-bond acceptors (Lipinski definition) is 6. The summed E-state index contributed by atoms with van der Waals surface area (Å²) in [6.45, 7) is -0.127. The number of aliphatic hydroxyl groups is 1. The van der Waals surface area contributed by atoms with Gasteiger partial charge in [-0.15, -0.1) is 11.6 Å². The summed E-state index contributed by atoms with van der Waals surface area (Å²) in [6, 6.07) is 0.242. The van der Waals surface area contributed by atoms with Crippen LogP contribution in [0.3, 0.4) is 0 Å². The highest BCUT2D eigenvalue weighted by Crippen LogP contribution is 2.47. The number of ether oxygens (including phenoxy) is 1. The Hall–Kier alpha value is -1.00. The Morgan fingerprint density at radius 1 is 1.12 bits per heavy atom. The fourth-order valence-corrected chi connectivity index (χ4v) is 6.38. The summed E-state index contributed by atoms with van der Waals surface area (Å²) in [6.07, 6.45) is 4.69. The van der Waals surface area contributed by atoms with Gasteiger partial charge in [-0.3, -0.25) is 14.4 Å². The van der Waals surface area contributed by atoms with Crippen LogP contribution < -0.4 is 16.1 Å². The lowest BCUT2D eigenvalue weighted by atomic mass is 9.59. The molecular weight excluding hydrogens is 453 g/mol. The number of hydroxylamine groups is 1. The van der Waals surface area contributed by atoms with Gasteiger partial charge in [0.2, 0.25) is 5.91 Å². The van der Waals surface area contributed by atoms with Crippen molar-refractivity contribution in [2.75, 3.05) is 6.61 Å². The largest absolute Gasteiger partial charge is 0.391 e. The van der Waals surface area contributed by atoms with Gasteiger partial charge < -0.3 is 20.5 Å². The molecule has 2 bridgehead atoms. The van der Waals surface area contributed by atoms with Crippen LogP contribution in [0.1, 0.15) is 70.6 Å². The van der Waals surface area contributed by atoms with Gasteiger partial charge in [-0.25, -0.2) is 4.39 Å². The second-order valence-electron chi connectivity index (χ2n) is 10.9. The Morgan fingerprint density at radius 3 is 2.55 bits per heavy atom. The first-order valence-corrected chi connectivity index (χ1v) is 12.8. The molecule has 0 aromatic rings. The van der Waals surface area contributed by atoms with E-state index in [1.54, 1.807) is 0 Å². The number of amides is 2. The maximum absolute atomic E-state index is 13.8. The zero-order valence-electron chi connectivity index (χ0n) is 18.9. The third kappa shape index (κ3) is 5.03. The van der Waals surface area contributed by atoms with Crippen molar-refractivity contribution >= 4 is 23.4 Å². The van der Waals surface area contributed by atoms with Crippen LogP contribution in [-0.2, 0) is 19.2 Å². The van der Waals surface area contributed by atoms with Gasteiger partial charge in [0.25, 0.3) is 5.91 Å². The lowest BCUT2D eigenvalue weighted by Crippen LogP contribution is -2.71. The van der Waals surface area contributed by atoms with E-state index < -0.39 is 34.8 Å². The third-order valence-electron chi connectivity index (χ3n) is 8.51. The molecule has 8 nitrogen and oxygen atoms in total. The highest BCUT2D eigenvalue weighted by Gasteiger charge is 2.56. The van der Waals surface area contributed by atoms with E-state index in [-0.39, 0.29) is 37.0 Å². The quantitative estimate of drug-likeness (QED) is 0.406. The number of hydrogen-bond donors (Lipinski definition) is 4. The molecule has 33 heavy (non-hydrogen) atoms. The van der Waals surface area contributed by atoms with Gasteiger partial charge in [0, 0.05) is 24.4 Å². The van der Waals surface area contributed by atoms with Gasteiger partial charge in [0.1, 0.15) is 12.8 Å². The first-order chi connectivity index (χ1) is 15.8. The van der Waals surface area contributed by atoms with Gasteiger partial charge in [-0.2, -0.15) is 5.48 Å². The summed E-state index contributed by atoms with van der Waals surface area (Å²) in [7, 11) is 0. The van der Waals surface area contributed by atoms with Crippen LogP contribution in [0.5, 0.6) is 0 Å². The van der Waals surface area contributed by atoms with Gasteiger partial charge in [-0.1, -0.05) is 0 Å². The Morgan fingerprint density at radius 2 is 1.88 bits per heavy atom. The molecule has 6 unspecified atom stereocenters. The summed E-state index contributed by atoms with van der Waals surface area (Å²) in [5, 5.41) is 16.6. The van der Waals surface area contributed by atoms with E-state index in [0.29, 0.717) is 57.3 Å². The topological polar surface area (TPSA) is 109 Å². The summed E-state index contributed by atoms with van der Waals surface area (Å²) >= 11 is 5.91. The zero-order chi connectivity index (χ0) is 23.2. The lowest BCUT2D eigenvalue weighted by molar-refractivity contribution is -0.145. The standard InChI is InChI=1S/C23H35ClFN3O5/c24-15-4-3-14(9-16(15)25)32-12-20(30)26-22-5-7-23(8-6-22,19(29)11-22)27-21(31)18-10-17(28-33-18)13-1-2-13/h13-19,28-29H,1-12H2,(H,26,30)(H,27,31). The van der Waals surface area contributed by atoms with E-state index in [4.69, 9.17) is 21.2 Å². The zero-order valence-corrected chi connectivity index (χ0v) is 19.6. The molecule has 2 amide bonds. The minimum Gasteiger partial charge on any atom is -0.391 e. The summed E-state index contributed by atoms with van der Waals surface area (Å²) < 4.78 is 19.4. The predicted molar refractivity (Wildman–Crippen MR) is 118 cm³/mol. The van der Waals surface area contributed by atoms with Crippen molar-refractivity contribution in [3.8, 4) is 0 Å². The average molecular weight is 488 g/mol. The van der Waals surface area contributed by atoms with Crippen molar-refractivity contribution in [1.82, 2.24) is 16.1 Å². The Labute approximate surface area is 198 Å². The van der Waals surface area contributed by atoms with Crippen molar-refractivity contribution in [1.29, 1.82) is 0 Å². The van der Waals surface area contributed by atoms with Gasteiger partial charge in [0.15, 0.2) is 6.10 Å². The minimum atomic E-state index is -1.10. The number of rotatable bonds is 7. The van der Waals surface area contributed by atoms with Crippen LogP contribution in [0.2, 0.25) is 0 Å². The maximum Gasteiger partial charge on any atom is 0.251 e. The first-order valence-electron chi connectivity index (χ1n) is 12.4.